The molecule has 0 atom stereocenters. The number of carbonyl (C=O) groups is 2. The molecule has 2 aliphatic heterocycles. The molecule has 0 radical (unpaired) electrons. The largest absolute Gasteiger partial charge is 0.467 e. The Hall–Kier alpha value is -2.98. The lowest BCUT2D eigenvalue weighted by atomic mass is 10.1. The van der Waals surface area contributed by atoms with Gasteiger partial charge in [-0.15, -0.1) is 0 Å². The van der Waals surface area contributed by atoms with Crippen LogP contribution >= 0.6 is 0 Å². The molecule has 10 heteroatoms. The number of nitrogens with zero attached hydrogens (tertiary/aromatic N) is 4. The number of fused-ring (bicyclic) bond motifs is 1. The summed E-state index contributed by atoms with van der Waals surface area (Å²) < 4.78 is 10.7. The minimum absolute atomic E-state index is 0.0633. The van der Waals surface area contributed by atoms with Gasteiger partial charge in [-0.05, 0) is 19.9 Å². The fourth-order valence-corrected chi connectivity index (χ4v) is 3.72. The van der Waals surface area contributed by atoms with Crippen LogP contribution in [-0.2, 0) is 20.9 Å². The second-order valence-electron chi connectivity index (χ2n) is 7.39. The van der Waals surface area contributed by atoms with Crippen molar-refractivity contribution in [2.75, 3.05) is 52.6 Å². The number of amides is 2. The Morgan fingerprint density at radius 3 is 2.55 bits per heavy atom. The number of likely N-dealkylation sites (N-methyl/N-ethyl adjacent to an activating group) is 1. The van der Waals surface area contributed by atoms with Crippen LogP contribution in [0.15, 0.2) is 18.2 Å². The monoisotopic (exact) mass is 432 g/mol. The van der Waals surface area contributed by atoms with Crippen LogP contribution in [-0.4, -0.2) is 84.0 Å². The molecular formula is C21H28N4O6. The van der Waals surface area contributed by atoms with E-state index >= 15 is 0 Å². The molecule has 0 aromatic heterocycles. The predicted molar refractivity (Wildman–Crippen MR) is 113 cm³/mol. The molecule has 31 heavy (non-hydrogen) atoms. The fraction of sp³-hybridized carbons (Fsp3) is 0.524. The molecule has 0 N–H and O–H groups in total. The Morgan fingerprint density at radius 2 is 1.90 bits per heavy atom. The first kappa shape index (κ1) is 22.7. The van der Waals surface area contributed by atoms with E-state index < -0.39 is 4.92 Å². The standard InChI is InChI=1S/C21H28N4O6/c1-3-23(4-2)20(27)13-22-7-9-24(10-8-22)19(26)6-5-16-11-18(25(28)29)12-17-14-30-15-31-21(16)17/h5-6,11-12H,3-4,7-10,13-15H2,1-2H3/b6-5+. The first-order valence-electron chi connectivity index (χ1n) is 10.4. The van der Waals surface area contributed by atoms with Gasteiger partial charge in [0.15, 0.2) is 6.79 Å². The first-order valence-corrected chi connectivity index (χ1v) is 10.4. The molecule has 2 heterocycles. The molecule has 1 fully saturated rings. The Labute approximate surface area is 181 Å². The van der Waals surface area contributed by atoms with Gasteiger partial charge in [0.2, 0.25) is 11.8 Å². The average Bonchev–Trinajstić information content (AvgIpc) is 2.78. The van der Waals surface area contributed by atoms with Crippen molar-refractivity contribution in [1.29, 1.82) is 0 Å². The van der Waals surface area contributed by atoms with E-state index in [0.717, 1.165) is 0 Å². The van der Waals surface area contributed by atoms with E-state index in [1.165, 1.54) is 18.2 Å². The lowest BCUT2D eigenvalue weighted by Gasteiger charge is -2.34. The summed E-state index contributed by atoms with van der Waals surface area (Å²) in [6, 6.07) is 2.82. The van der Waals surface area contributed by atoms with Gasteiger partial charge in [-0.1, -0.05) is 0 Å². The number of hydrogen-bond donors (Lipinski definition) is 0. The van der Waals surface area contributed by atoms with Crippen molar-refractivity contribution < 1.29 is 24.0 Å². The van der Waals surface area contributed by atoms with Gasteiger partial charge in [0, 0.05) is 68.6 Å². The SMILES string of the molecule is CCN(CC)C(=O)CN1CCN(C(=O)/C=C/c2cc([N+](=O)[O-])cc3c2OCOC3)CC1. The third kappa shape index (κ3) is 5.59. The van der Waals surface area contributed by atoms with Crippen LogP contribution in [0.1, 0.15) is 25.0 Å². The van der Waals surface area contributed by atoms with E-state index in [-0.39, 0.29) is 30.9 Å². The molecule has 0 saturated carbocycles. The maximum absolute atomic E-state index is 12.6. The summed E-state index contributed by atoms with van der Waals surface area (Å²) in [5, 5.41) is 11.2. The van der Waals surface area contributed by atoms with Crippen LogP contribution < -0.4 is 4.74 Å². The molecule has 2 amide bonds. The van der Waals surface area contributed by atoms with E-state index in [0.29, 0.717) is 62.7 Å². The lowest BCUT2D eigenvalue weighted by Crippen LogP contribution is -2.51. The van der Waals surface area contributed by atoms with Gasteiger partial charge in [-0.2, -0.15) is 0 Å². The molecule has 0 aliphatic carbocycles. The quantitative estimate of drug-likeness (QED) is 0.365. The zero-order valence-electron chi connectivity index (χ0n) is 17.9. The van der Waals surface area contributed by atoms with Gasteiger partial charge in [0.1, 0.15) is 5.75 Å². The Balaban J connectivity index is 1.61. The van der Waals surface area contributed by atoms with E-state index in [1.54, 1.807) is 15.9 Å². The maximum atomic E-state index is 12.6. The number of ether oxygens (including phenoxy) is 2. The van der Waals surface area contributed by atoms with Crippen LogP contribution in [0.2, 0.25) is 0 Å². The molecule has 1 aromatic rings. The molecule has 1 aromatic carbocycles. The summed E-state index contributed by atoms with van der Waals surface area (Å²) in [5.74, 6) is 0.423. The highest BCUT2D eigenvalue weighted by atomic mass is 16.7. The Morgan fingerprint density at radius 1 is 1.19 bits per heavy atom. The fourth-order valence-electron chi connectivity index (χ4n) is 3.72. The van der Waals surface area contributed by atoms with E-state index in [1.807, 2.05) is 13.8 Å². The third-order valence-corrected chi connectivity index (χ3v) is 5.50. The second kappa shape index (κ2) is 10.4. The number of non-ortho nitro benzene ring substituents is 1. The number of carbonyl (C=O) groups excluding carboxylic acids is 2. The van der Waals surface area contributed by atoms with Gasteiger partial charge in [0.25, 0.3) is 5.69 Å². The molecule has 0 bridgehead atoms. The van der Waals surface area contributed by atoms with E-state index in [9.17, 15) is 19.7 Å². The van der Waals surface area contributed by atoms with Crippen molar-refractivity contribution in [2.24, 2.45) is 0 Å². The van der Waals surface area contributed by atoms with Gasteiger partial charge >= 0.3 is 0 Å². The molecule has 168 valence electrons. The number of hydrogen-bond acceptors (Lipinski definition) is 7. The first-order chi connectivity index (χ1) is 14.9. The number of benzene rings is 1. The smallest absolute Gasteiger partial charge is 0.270 e. The number of nitro groups is 1. The summed E-state index contributed by atoms with van der Waals surface area (Å²) >= 11 is 0. The molecule has 0 spiro atoms. The van der Waals surface area contributed by atoms with Crippen LogP contribution in [0, 0.1) is 10.1 Å². The molecule has 3 rings (SSSR count). The predicted octanol–water partition coefficient (Wildman–Crippen LogP) is 1.49. The van der Waals surface area contributed by atoms with Gasteiger partial charge in [0.05, 0.1) is 18.1 Å². The molecule has 0 unspecified atom stereocenters. The van der Waals surface area contributed by atoms with E-state index in [4.69, 9.17) is 9.47 Å². The molecule has 1 saturated heterocycles. The second-order valence-corrected chi connectivity index (χ2v) is 7.39. The number of rotatable bonds is 7. The molecular weight excluding hydrogens is 404 g/mol. The zero-order valence-corrected chi connectivity index (χ0v) is 17.9. The highest BCUT2D eigenvalue weighted by Crippen LogP contribution is 2.33. The van der Waals surface area contributed by atoms with Crippen molar-refractivity contribution in [3.05, 3.63) is 39.4 Å². The van der Waals surface area contributed by atoms with Crippen molar-refractivity contribution in [1.82, 2.24) is 14.7 Å². The van der Waals surface area contributed by atoms with Gasteiger partial charge in [-0.3, -0.25) is 24.6 Å². The maximum Gasteiger partial charge on any atom is 0.270 e. The van der Waals surface area contributed by atoms with Crippen LogP contribution in [0.3, 0.4) is 0 Å². The van der Waals surface area contributed by atoms with Crippen molar-refractivity contribution in [3.63, 3.8) is 0 Å². The third-order valence-electron chi connectivity index (χ3n) is 5.50. The zero-order chi connectivity index (χ0) is 22.4. The summed E-state index contributed by atoms with van der Waals surface area (Å²) in [6.07, 6.45) is 2.96. The highest BCUT2D eigenvalue weighted by Gasteiger charge is 2.23. The van der Waals surface area contributed by atoms with Crippen molar-refractivity contribution in [2.45, 2.75) is 20.5 Å². The van der Waals surface area contributed by atoms with Crippen LogP contribution in [0.25, 0.3) is 6.08 Å². The topological polar surface area (TPSA) is 105 Å². The van der Waals surface area contributed by atoms with Crippen molar-refractivity contribution >= 4 is 23.6 Å². The number of piperazine rings is 1. The van der Waals surface area contributed by atoms with Gasteiger partial charge in [-0.25, -0.2) is 0 Å². The average molecular weight is 432 g/mol. The summed E-state index contributed by atoms with van der Waals surface area (Å²) in [5.41, 5.74) is 0.981. The molecule has 2 aliphatic rings. The lowest BCUT2D eigenvalue weighted by molar-refractivity contribution is -0.385. The van der Waals surface area contributed by atoms with Crippen LogP contribution in [0.5, 0.6) is 5.75 Å². The summed E-state index contributed by atoms with van der Waals surface area (Å²) in [6.45, 7) is 8.23. The highest BCUT2D eigenvalue weighted by molar-refractivity contribution is 5.92. The van der Waals surface area contributed by atoms with E-state index in [2.05, 4.69) is 4.90 Å². The minimum Gasteiger partial charge on any atom is -0.467 e. The summed E-state index contributed by atoms with van der Waals surface area (Å²) in [4.78, 5) is 41.2. The molecule has 10 nitrogen and oxygen atoms in total. The minimum atomic E-state index is -0.479. The van der Waals surface area contributed by atoms with Gasteiger partial charge < -0.3 is 19.3 Å². The number of nitro benzene ring substituents is 1. The van der Waals surface area contributed by atoms with Crippen LogP contribution in [0.4, 0.5) is 5.69 Å². The van der Waals surface area contributed by atoms with Crippen molar-refractivity contribution in [3.8, 4) is 5.75 Å². The Kier molecular flexibility index (Phi) is 7.59. The Bertz CT molecular complexity index is 860. The summed E-state index contributed by atoms with van der Waals surface area (Å²) in [7, 11) is 0. The normalized spacial score (nSPS) is 16.6.